The number of carbonyl (C=O) groups is 1. The van der Waals surface area contributed by atoms with Crippen molar-refractivity contribution in [2.45, 2.75) is 18.9 Å². The van der Waals surface area contributed by atoms with E-state index in [9.17, 15) is 22.8 Å². The molecule has 0 aliphatic heterocycles. The monoisotopic (exact) mass is 386 g/mol. The number of pyridine rings is 2. The SMILES string of the molecule is C[C@H](NC(=O)C(F)(F)c1cc2cc(F)ccc2[nH]c1=O)c1cc(C#N)ccn1. The number of aromatic amines is 1. The normalized spacial score (nSPS) is 12.4. The molecule has 1 atom stereocenters. The first-order chi connectivity index (χ1) is 13.2. The fourth-order valence-corrected chi connectivity index (χ4v) is 2.65. The van der Waals surface area contributed by atoms with E-state index in [0.717, 1.165) is 18.2 Å². The topological polar surface area (TPSA) is 98.6 Å². The summed E-state index contributed by atoms with van der Waals surface area (Å²) in [6.07, 6.45) is 1.32. The quantitative estimate of drug-likeness (QED) is 0.720. The highest BCUT2D eigenvalue weighted by Crippen LogP contribution is 2.28. The molecule has 0 bridgehead atoms. The Kier molecular flexibility index (Phi) is 4.88. The second-order valence-electron chi connectivity index (χ2n) is 6.09. The standard InChI is InChI=1S/C19H13F3N4O2/c1-10(16-6-11(9-23)4-5-24-16)25-18(28)19(21,22)14-8-12-7-13(20)2-3-15(12)26-17(14)27/h2-8,10H,1H3,(H,25,28)(H,26,27)/t10-/m0/s1. The molecule has 1 amide bonds. The number of hydrogen-bond donors (Lipinski definition) is 2. The van der Waals surface area contributed by atoms with E-state index in [1.165, 1.54) is 31.3 Å². The molecule has 0 saturated carbocycles. The van der Waals surface area contributed by atoms with Gasteiger partial charge < -0.3 is 10.3 Å². The smallest absolute Gasteiger partial charge is 0.342 e. The number of aromatic nitrogens is 2. The highest BCUT2D eigenvalue weighted by atomic mass is 19.3. The molecule has 9 heteroatoms. The van der Waals surface area contributed by atoms with Crippen molar-refractivity contribution in [2.24, 2.45) is 0 Å². The maximum Gasteiger partial charge on any atom is 0.355 e. The van der Waals surface area contributed by atoms with Crippen molar-refractivity contribution >= 4 is 16.8 Å². The van der Waals surface area contributed by atoms with E-state index in [4.69, 9.17) is 5.26 Å². The predicted octanol–water partition coefficient (Wildman–Crippen LogP) is 2.90. The van der Waals surface area contributed by atoms with Gasteiger partial charge in [0.05, 0.1) is 28.9 Å². The molecule has 2 N–H and O–H groups in total. The van der Waals surface area contributed by atoms with Gasteiger partial charge in [0.2, 0.25) is 0 Å². The second-order valence-corrected chi connectivity index (χ2v) is 6.09. The lowest BCUT2D eigenvalue weighted by Crippen LogP contribution is -2.42. The van der Waals surface area contributed by atoms with Crippen LogP contribution in [-0.2, 0) is 10.7 Å². The van der Waals surface area contributed by atoms with Crippen LogP contribution in [-0.4, -0.2) is 15.9 Å². The van der Waals surface area contributed by atoms with Gasteiger partial charge in [-0.25, -0.2) is 4.39 Å². The molecule has 2 aromatic heterocycles. The molecule has 28 heavy (non-hydrogen) atoms. The number of benzene rings is 1. The molecule has 2 heterocycles. The number of H-pyrrole nitrogens is 1. The Labute approximate surface area is 156 Å². The van der Waals surface area contributed by atoms with Crippen molar-refractivity contribution in [1.29, 1.82) is 5.26 Å². The third-order valence-corrected chi connectivity index (χ3v) is 4.13. The zero-order valence-corrected chi connectivity index (χ0v) is 14.5. The number of nitrogens with one attached hydrogen (secondary N) is 2. The van der Waals surface area contributed by atoms with Crippen LogP contribution in [0, 0.1) is 17.1 Å². The van der Waals surface area contributed by atoms with E-state index in [0.29, 0.717) is 0 Å². The third-order valence-electron chi connectivity index (χ3n) is 4.13. The van der Waals surface area contributed by atoms with Gasteiger partial charge in [-0.3, -0.25) is 14.6 Å². The van der Waals surface area contributed by atoms with Gasteiger partial charge in [0, 0.05) is 17.1 Å². The van der Waals surface area contributed by atoms with E-state index >= 15 is 0 Å². The molecule has 0 fully saturated rings. The van der Waals surface area contributed by atoms with E-state index < -0.39 is 34.8 Å². The molecular formula is C19H13F3N4O2. The summed E-state index contributed by atoms with van der Waals surface area (Å²) in [5.74, 6) is -6.56. The van der Waals surface area contributed by atoms with Crippen LogP contribution >= 0.6 is 0 Å². The van der Waals surface area contributed by atoms with Crippen LogP contribution in [0.4, 0.5) is 13.2 Å². The predicted molar refractivity (Wildman–Crippen MR) is 93.9 cm³/mol. The molecule has 0 radical (unpaired) electrons. The number of carbonyl (C=O) groups excluding carboxylic acids is 1. The highest BCUT2D eigenvalue weighted by molar-refractivity contribution is 5.87. The number of halogens is 3. The molecule has 0 aliphatic rings. The summed E-state index contributed by atoms with van der Waals surface area (Å²) in [6.45, 7) is 1.41. The first-order valence-electron chi connectivity index (χ1n) is 8.10. The average molecular weight is 386 g/mol. The van der Waals surface area contributed by atoms with Gasteiger partial charge in [-0.2, -0.15) is 14.0 Å². The molecular weight excluding hydrogens is 373 g/mol. The van der Waals surface area contributed by atoms with Gasteiger partial charge in [-0.15, -0.1) is 0 Å². The fourth-order valence-electron chi connectivity index (χ4n) is 2.65. The Morgan fingerprint density at radius 2 is 2.04 bits per heavy atom. The Bertz CT molecular complexity index is 1170. The van der Waals surface area contributed by atoms with E-state index in [1.807, 2.05) is 6.07 Å². The summed E-state index contributed by atoms with van der Waals surface area (Å²) < 4.78 is 42.7. The van der Waals surface area contributed by atoms with Crippen LogP contribution in [0.3, 0.4) is 0 Å². The number of amides is 1. The van der Waals surface area contributed by atoms with E-state index in [-0.39, 0.29) is 22.2 Å². The van der Waals surface area contributed by atoms with Crippen LogP contribution in [0.1, 0.15) is 29.8 Å². The van der Waals surface area contributed by atoms with Crippen LogP contribution in [0.2, 0.25) is 0 Å². The Balaban J connectivity index is 1.92. The van der Waals surface area contributed by atoms with E-state index in [1.54, 1.807) is 0 Å². The third kappa shape index (κ3) is 3.57. The number of nitrogens with zero attached hydrogens (tertiary/aromatic N) is 2. The lowest BCUT2D eigenvalue weighted by atomic mass is 10.1. The van der Waals surface area contributed by atoms with Gasteiger partial charge in [-0.05, 0) is 43.3 Å². The molecule has 0 unspecified atom stereocenters. The van der Waals surface area contributed by atoms with Crippen LogP contribution in [0.15, 0.2) is 47.4 Å². The second kappa shape index (κ2) is 7.15. The maximum absolute atomic E-state index is 14.7. The van der Waals surface area contributed by atoms with Gasteiger partial charge in [0.1, 0.15) is 5.82 Å². The Morgan fingerprint density at radius 3 is 2.75 bits per heavy atom. The molecule has 142 valence electrons. The first-order valence-corrected chi connectivity index (χ1v) is 8.10. The van der Waals surface area contributed by atoms with Crippen molar-refractivity contribution in [1.82, 2.24) is 15.3 Å². The van der Waals surface area contributed by atoms with Crippen LogP contribution in [0.25, 0.3) is 10.9 Å². The molecule has 0 saturated heterocycles. The zero-order valence-electron chi connectivity index (χ0n) is 14.5. The summed E-state index contributed by atoms with van der Waals surface area (Å²) in [6, 6.07) is 7.81. The number of rotatable bonds is 4. The summed E-state index contributed by atoms with van der Waals surface area (Å²) in [5, 5.41) is 11.0. The van der Waals surface area contributed by atoms with Gasteiger partial charge in [0.15, 0.2) is 0 Å². The summed E-state index contributed by atoms with van der Waals surface area (Å²) in [4.78, 5) is 30.4. The molecule has 3 rings (SSSR count). The highest BCUT2D eigenvalue weighted by Gasteiger charge is 2.44. The minimum atomic E-state index is -4.17. The minimum Gasteiger partial charge on any atom is -0.342 e. The van der Waals surface area contributed by atoms with Crippen molar-refractivity contribution in [3.05, 3.63) is 75.6 Å². The summed E-state index contributed by atoms with van der Waals surface area (Å²) in [7, 11) is 0. The molecule has 0 aliphatic carbocycles. The zero-order chi connectivity index (χ0) is 20.5. The number of hydrogen-bond acceptors (Lipinski definition) is 4. The van der Waals surface area contributed by atoms with Crippen LogP contribution < -0.4 is 10.9 Å². The Morgan fingerprint density at radius 1 is 1.29 bits per heavy atom. The van der Waals surface area contributed by atoms with Gasteiger partial charge >= 0.3 is 5.92 Å². The van der Waals surface area contributed by atoms with Gasteiger partial charge in [-0.1, -0.05) is 0 Å². The lowest BCUT2D eigenvalue weighted by Gasteiger charge is -2.19. The van der Waals surface area contributed by atoms with Crippen molar-refractivity contribution < 1.29 is 18.0 Å². The average Bonchev–Trinajstić information content (AvgIpc) is 2.67. The van der Waals surface area contributed by atoms with Crippen LogP contribution in [0.5, 0.6) is 0 Å². The number of alkyl halides is 2. The summed E-state index contributed by atoms with van der Waals surface area (Å²) >= 11 is 0. The molecule has 6 nitrogen and oxygen atoms in total. The molecule has 3 aromatic rings. The van der Waals surface area contributed by atoms with Gasteiger partial charge in [0.25, 0.3) is 11.5 Å². The minimum absolute atomic E-state index is 0.0264. The molecule has 1 aromatic carbocycles. The fraction of sp³-hybridized carbons (Fsp3) is 0.158. The summed E-state index contributed by atoms with van der Waals surface area (Å²) in [5.41, 5.74) is -1.63. The molecule has 0 spiro atoms. The first kappa shape index (κ1) is 19.1. The number of nitriles is 1. The van der Waals surface area contributed by atoms with Crippen molar-refractivity contribution in [3.8, 4) is 6.07 Å². The Hall–Kier alpha value is -3.67. The van der Waals surface area contributed by atoms with Crippen molar-refractivity contribution in [2.75, 3.05) is 0 Å². The van der Waals surface area contributed by atoms with Crippen molar-refractivity contribution in [3.63, 3.8) is 0 Å². The number of fused-ring (bicyclic) bond motifs is 1. The van der Waals surface area contributed by atoms with E-state index in [2.05, 4.69) is 15.3 Å². The lowest BCUT2D eigenvalue weighted by molar-refractivity contribution is -0.147. The maximum atomic E-state index is 14.7. The largest absolute Gasteiger partial charge is 0.355 e.